The van der Waals surface area contributed by atoms with Crippen molar-refractivity contribution < 1.29 is 33.3 Å². The van der Waals surface area contributed by atoms with Crippen molar-refractivity contribution >= 4 is 17.1 Å². The predicted octanol–water partition coefficient (Wildman–Crippen LogP) is 3.01. The molecule has 0 N–H and O–H groups in total. The van der Waals surface area contributed by atoms with Gasteiger partial charge in [0, 0.05) is 32.2 Å². The Morgan fingerprint density at radius 2 is 1.14 bits per heavy atom. The van der Waals surface area contributed by atoms with E-state index in [1.54, 1.807) is 13.2 Å². The lowest BCUT2D eigenvalue weighted by atomic mass is 10.2. The lowest BCUT2D eigenvalue weighted by molar-refractivity contribution is -0.384. The zero-order valence-corrected chi connectivity index (χ0v) is 21.6. The molecule has 0 bridgehead atoms. The van der Waals surface area contributed by atoms with Gasteiger partial charge in [-0.25, -0.2) is 0 Å². The Hall–Kier alpha value is -3.12. The number of hydrogen-bond acceptors (Lipinski definition) is 10. The van der Waals surface area contributed by atoms with Crippen LogP contribution in [-0.4, -0.2) is 98.2 Å². The van der Waals surface area contributed by atoms with Crippen LogP contribution in [0.3, 0.4) is 0 Å². The molecule has 1 saturated heterocycles. The van der Waals surface area contributed by atoms with Crippen molar-refractivity contribution in [1.82, 2.24) is 0 Å². The molecule has 0 atom stereocenters. The third kappa shape index (κ3) is 9.04. The van der Waals surface area contributed by atoms with Gasteiger partial charge in [-0.15, -0.1) is 0 Å². The molecule has 3 rings (SSSR count). The topological polar surface area (TPSA) is 105 Å². The van der Waals surface area contributed by atoms with Crippen LogP contribution in [0, 0.1) is 10.1 Å². The SMILES string of the molecule is COc1ccccc1N1CCOCCOCCN(c2ccc([N+](=O)[O-])cc2OC)CCOCCOCC1. The third-order valence-electron chi connectivity index (χ3n) is 5.91. The normalized spacial score (nSPS) is 17.5. The Kier molecular flexibility index (Phi) is 12.2. The van der Waals surface area contributed by atoms with Crippen molar-refractivity contribution in [1.29, 1.82) is 0 Å². The molecule has 0 radical (unpaired) electrons. The Labute approximate surface area is 217 Å². The van der Waals surface area contributed by atoms with Gasteiger partial charge in [0.1, 0.15) is 11.5 Å². The van der Waals surface area contributed by atoms with Crippen LogP contribution >= 0.6 is 0 Å². The smallest absolute Gasteiger partial charge is 0.273 e. The highest BCUT2D eigenvalue weighted by molar-refractivity contribution is 5.62. The number of nitro benzene ring substituents is 1. The highest BCUT2D eigenvalue weighted by Crippen LogP contribution is 2.32. The number of nitro groups is 1. The van der Waals surface area contributed by atoms with Gasteiger partial charge in [-0.1, -0.05) is 12.1 Å². The zero-order valence-electron chi connectivity index (χ0n) is 21.6. The quantitative estimate of drug-likeness (QED) is 0.432. The predicted molar refractivity (Wildman–Crippen MR) is 140 cm³/mol. The molecule has 204 valence electrons. The first-order valence-electron chi connectivity index (χ1n) is 12.4. The van der Waals surface area contributed by atoms with Gasteiger partial charge in [-0.3, -0.25) is 10.1 Å². The summed E-state index contributed by atoms with van der Waals surface area (Å²) in [5.41, 5.74) is 1.73. The number of nitrogens with zero attached hydrogens (tertiary/aromatic N) is 3. The molecular formula is C26H37N3O8. The summed E-state index contributed by atoms with van der Waals surface area (Å²) in [5.74, 6) is 1.24. The summed E-state index contributed by atoms with van der Waals surface area (Å²) < 4.78 is 34.2. The second-order valence-corrected chi connectivity index (χ2v) is 8.21. The number of methoxy groups -OCH3 is 2. The van der Waals surface area contributed by atoms with Crippen LogP contribution in [0.15, 0.2) is 42.5 Å². The number of hydrogen-bond donors (Lipinski definition) is 0. The van der Waals surface area contributed by atoms with E-state index < -0.39 is 4.92 Å². The maximum absolute atomic E-state index is 11.2. The Morgan fingerprint density at radius 3 is 1.59 bits per heavy atom. The van der Waals surface area contributed by atoms with Crippen LogP contribution in [0.5, 0.6) is 11.5 Å². The van der Waals surface area contributed by atoms with E-state index in [0.29, 0.717) is 84.8 Å². The Morgan fingerprint density at radius 1 is 0.676 bits per heavy atom. The molecule has 1 heterocycles. The largest absolute Gasteiger partial charge is 0.495 e. The lowest BCUT2D eigenvalue weighted by Crippen LogP contribution is -2.33. The molecule has 11 nitrogen and oxygen atoms in total. The van der Waals surface area contributed by atoms with E-state index in [1.165, 1.54) is 19.2 Å². The van der Waals surface area contributed by atoms with Gasteiger partial charge in [0.15, 0.2) is 0 Å². The molecule has 1 fully saturated rings. The summed E-state index contributed by atoms with van der Waals surface area (Å²) in [6.45, 7) is 6.36. The fraction of sp³-hybridized carbons (Fsp3) is 0.538. The minimum atomic E-state index is -0.437. The average molecular weight is 520 g/mol. The van der Waals surface area contributed by atoms with Gasteiger partial charge < -0.3 is 38.2 Å². The van der Waals surface area contributed by atoms with Crippen LogP contribution < -0.4 is 19.3 Å². The molecule has 0 amide bonds. The van der Waals surface area contributed by atoms with Crippen molar-refractivity contribution in [2.75, 3.05) is 103 Å². The molecule has 37 heavy (non-hydrogen) atoms. The van der Waals surface area contributed by atoms with Crippen LogP contribution in [0.25, 0.3) is 0 Å². The van der Waals surface area contributed by atoms with Crippen molar-refractivity contribution in [3.8, 4) is 11.5 Å². The molecule has 0 saturated carbocycles. The highest BCUT2D eigenvalue weighted by atomic mass is 16.6. The number of ether oxygens (including phenoxy) is 6. The summed E-state index contributed by atoms with van der Waals surface area (Å²) in [6, 6.07) is 12.5. The number of rotatable bonds is 5. The van der Waals surface area contributed by atoms with Gasteiger partial charge in [0.25, 0.3) is 5.69 Å². The molecule has 0 spiro atoms. The minimum absolute atomic E-state index is 0.0203. The Bertz CT molecular complexity index is 941. The Balaban J connectivity index is 1.59. The highest BCUT2D eigenvalue weighted by Gasteiger charge is 2.17. The van der Waals surface area contributed by atoms with E-state index in [1.807, 2.05) is 29.2 Å². The van der Waals surface area contributed by atoms with E-state index in [0.717, 1.165) is 17.1 Å². The maximum atomic E-state index is 11.2. The molecule has 2 aromatic carbocycles. The molecule has 0 aliphatic carbocycles. The average Bonchev–Trinajstić information content (AvgIpc) is 2.92. The number of non-ortho nitro benzene ring substituents is 1. The maximum Gasteiger partial charge on any atom is 0.273 e. The van der Waals surface area contributed by atoms with Gasteiger partial charge in [0.2, 0.25) is 0 Å². The van der Waals surface area contributed by atoms with E-state index in [4.69, 9.17) is 28.4 Å². The second kappa shape index (κ2) is 15.9. The molecule has 11 heteroatoms. The first-order valence-corrected chi connectivity index (χ1v) is 12.4. The number of anilines is 2. The number of para-hydroxylation sites is 2. The first-order chi connectivity index (χ1) is 18.1. The van der Waals surface area contributed by atoms with Crippen LogP contribution in [0.2, 0.25) is 0 Å². The van der Waals surface area contributed by atoms with Gasteiger partial charge in [-0.05, 0) is 18.2 Å². The summed E-state index contributed by atoms with van der Waals surface area (Å²) in [4.78, 5) is 15.0. The standard InChI is InChI=1S/C26H37N3O8/c1-32-25-6-4-3-5-23(25)27-9-13-34-17-19-36-15-11-28(12-16-37-20-18-35-14-10-27)24-8-7-22(29(30)31)21-26(24)33-2/h3-8,21H,9-20H2,1-2H3. The van der Waals surface area contributed by atoms with Crippen molar-refractivity contribution in [2.45, 2.75) is 0 Å². The van der Waals surface area contributed by atoms with Crippen molar-refractivity contribution in [3.05, 3.63) is 52.6 Å². The van der Waals surface area contributed by atoms with Crippen molar-refractivity contribution in [3.63, 3.8) is 0 Å². The van der Waals surface area contributed by atoms with Crippen molar-refractivity contribution in [2.24, 2.45) is 0 Å². The van der Waals surface area contributed by atoms with Crippen LogP contribution in [0.1, 0.15) is 0 Å². The lowest BCUT2D eigenvalue weighted by Gasteiger charge is -2.27. The van der Waals surface area contributed by atoms with Crippen LogP contribution in [-0.2, 0) is 18.9 Å². The fourth-order valence-corrected chi connectivity index (χ4v) is 3.98. The monoisotopic (exact) mass is 519 g/mol. The summed E-state index contributed by atoms with van der Waals surface area (Å²) in [6.07, 6.45) is 0. The third-order valence-corrected chi connectivity index (χ3v) is 5.91. The van der Waals surface area contributed by atoms with Gasteiger partial charge in [-0.2, -0.15) is 0 Å². The first kappa shape index (κ1) is 28.5. The molecule has 0 aromatic heterocycles. The molecule has 1 aliphatic heterocycles. The second-order valence-electron chi connectivity index (χ2n) is 8.21. The summed E-state index contributed by atoms with van der Waals surface area (Å²) in [5, 5.41) is 11.2. The molecule has 1 aliphatic rings. The van der Waals surface area contributed by atoms with Gasteiger partial charge >= 0.3 is 0 Å². The minimum Gasteiger partial charge on any atom is -0.495 e. The zero-order chi connectivity index (χ0) is 26.3. The van der Waals surface area contributed by atoms with Crippen LogP contribution in [0.4, 0.5) is 17.1 Å². The summed E-state index contributed by atoms with van der Waals surface area (Å²) >= 11 is 0. The van der Waals surface area contributed by atoms with E-state index in [-0.39, 0.29) is 5.69 Å². The summed E-state index contributed by atoms with van der Waals surface area (Å²) in [7, 11) is 3.17. The fourth-order valence-electron chi connectivity index (χ4n) is 3.98. The van der Waals surface area contributed by atoms with Gasteiger partial charge in [0.05, 0.1) is 89.4 Å². The molecule has 2 aromatic rings. The van der Waals surface area contributed by atoms with E-state index >= 15 is 0 Å². The molecular weight excluding hydrogens is 482 g/mol. The number of benzene rings is 2. The van der Waals surface area contributed by atoms with E-state index in [9.17, 15) is 10.1 Å². The molecule has 0 unspecified atom stereocenters. The van der Waals surface area contributed by atoms with E-state index in [2.05, 4.69) is 4.90 Å².